The molecule has 1 amide bonds. The lowest BCUT2D eigenvalue weighted by molar-refractivity contribution is 0.0956. The number of carbonyl (C=O) groups excluding carboxylic acids is 1. The zero-order valence-electron chi connectivity index (χ0n) is 13.3. The number of anilines is 1. The van der Waals surface area contributed by atoms with Crippen molar-refractivity contribution in [3.05, 3.63) is 28.3 Å². The molecule has 1 N–H and O–H groups in total. The fourth-order valence-electron chi connectivity index (χ4n) is 1.98. The Balaban J connectivity index is 3.40. The molecule has 1 aromatic carbocycles. The normalized spacial score (nSPS) is 11.3. The first kappa shape index (κ1) is 16.8. The Hall–Kier alpha value is -1.22. The summed E-state index contributed by atoms with van der Waals surface area (Å²) in [6, 6.07) is 3.94. The quantitative estimate of drug-likeness (QED) is 0.890. The zero-order valence-corrected chi connectivity index (χ0v) is 14.1. The van der Waals surface area contributed by atoms with E-state index in [1.807, 2.05) is 33.0 Å². The molecule has 0 bridgehead atoms. The van der Waals surface area contributed by atoms with E-state index in [0.717, 1.165) is 17.7 Å². The third kappa shape index (κ3) is 3.26. The molecular weight excluding hydrogens is 272 g/mol. The van der Waals surface area contributed by atoms with Gasteiger partial charge in [0.15, 0.2) is 0 Å². The lowest BCUT2D eigenvalue weighted by Crippen LogP contribution is -2.42. The fraction of sp³-hybridized carbons (Fsp3) is 0.562. The molecule has 0 aliphatic heterocycles. The number of rotatable bonds is 5. The molecule has 0 aromatic heterocycles. The van der Waals surface area contributed by atoms with Crippen molar-refractivity contribution in [2.45, 2.75) is 46.6 Å². The molecule has 0 atom stereocenters. The van der Waals surface area contributed by atoms with Crippen LogP contribution in [0, 0.1) is 6.92 Å². The van der Waals surface area contributed by atoms with Gasteiger partial charge in [-0.15, -0.1) is 0 Å². The Labute approximate surface area is 127 Å². The van der Waals surface area contributed by atoms with Crippen LogP contribution in [0.4, 0.5) is 5.69 Å². The van der Waals surface area contributed by atoms with E-state index in [0.29, 0.717) is 17.1 Å². The highest BCUT2D eigenvalue weighted by Gasteiger charge is 2.27. The van der Waals surface area contributed by atoms with Crippen LogP contribution in [0.3, 0.4) is 0 Å². The van der Waals surface area contributed by atoms with Gasteiger partial charge < -0.3 is 10.2 Å². The van der Waals surface area contributed by atoms with Crippen LogP contribution in [0.25, 0.3) is 0 Å². The molecule has 0 spiro atoms. The lowest BCUT2D eigenvalue weighted by Gasteiger charge is -2.38. The number of halogens is 1. The predicted molar refractivity (Wildman–Crippen MR) is 87.0 cm³/mol. The minimum atomic E-state index is -0.116. The first-order valence-corrected chi connectivity index (χ1v) is 7.45. The molecule has 0 fully saturated rings. The van der Waals surface area contributed by atoms with Crippen molar-refractivity contribution >= 4 is 23.2 Å². The summed E-state index contributed by atoms with van der Waals surface area (Å²) in [5, 5.41) is 3.38. The minimum Gasteiger partial charge on any atom is -0.369 e. The number of aryl methyl sites for hydroxylation is 1. The van der Waals surface area contributed by atoms with Gasteiger partial charge >= 0.3 is 0 Å². The maximum atomic E-state index is 12.3. The topological polar surface area (TPSA) is 32.3 Å². The van der Waals surface area contributed by atoms with E-state index in [9.17, 15) is 4.79 Å². The monoisotopic (exact) mass is 296 g/mol. The molecule has 0 radical (unpaired) electrons. The number of nitrogens with zero attached hydrogens (tertiary/aromatic N) is 1. The molecule has 0 heterocycles. The highest BCUT2D eigenvalue weighted by Crippen LogP contribution is 2.34. The fourth-order valence-corrected chi connectivity index (χ4v) is 2.22. The van der Waals surface area contributed by atoms with Crippen LogP contribution in [0.5, 0.6) is 0 Å². The van der Waals surface area contributed by atoms with Crippen molar-refractivity contribution < 1.29 is 4.79 Å². The van der Waals surface area contributed by atoms with E-state index < -0.39 is 0 Å². The molecule has 0 aliphatic carbocycles. The van der Waals surface area contributed by atoms with Crippen molar-refractivity contribution in [2.24, 2.45) is 0 Å². The van der Waals surface area contributed by atoms with Gasteiger partial charge in [0.25, 0.3) is 5.91 Å². The Morgan fingerprint density at radius 2 is 1.95 bits per heavy atom. The van der Waals surface area contributed by atoms with Crippen molar-refractivity contribution in [1.29, 1.82) is 0 Å². The van der Waals surface area contributed by atoms with Gasteiger partial charge in [-0.1, -0.05) is 24.6 Å². The molecule has 1 rings (SSSR count). The average molecular weight is 297 g/mol. The van der Waals surface area contributed by atoms with Crippen LogP contribution >= 0.6 is 11.6 Å². The SMILES string of the molecule is CCNC(=O)c1c(N(C)C(C)(C)CC)ccc(C)c1Cl. The largest absolute Gasteiger partial charge is 0.369 e. The highest BCUT2D eigenvalue weighted by molar-refractivity contribution is 6.35. The Morgan fingerprint density at radius 3 is 2.45 bits per heavy atom. The van der Waals surface area contributed by atoms with Gasteiger partial charge in [-0.3, -0.25) is 4.79 Å². The zero-order chi connectivity index (χ0) is 15.5. The van der Waals surface area contributed by atoms with Gasteiger partial charge in [0.2, 0.25) is 0 Å². The van der Waals surface area contributed by atoms with Crippen molar-refractivity contribution in [3.8, 4) is 0 Å². The van der Waals surface area contributed by atoms with Gasteiger partial charge in [0, 0.05) is 19.1 Å². The number of hydrogen-bond donors (Lipinski definition) is 1. The van der Waals surface area contributed by atoms with Crippen LogP contribution in [-0.2, 0) is 0 Å². The number of hydrogen-bond acceptors (Lipinski definition) is 2. The van der Waals surface area contributed by atoms with Crippen molar-refractivity contribution in [3.63, 3.8) is 0 Å². The third-order valence-corrected chi connectivity index (χ3v) is 4.50. The molecule has 112 valence electrons. The molecule has 1 aromatic rings. The smallest absolute Gasteiger partial charge is 0.254 e. The Morgan fingerprint density at radius 1 is 1.35 bits per heavy atom. The number of carbonyl (C=O) groups is 1. The van der Waals surface area contributed by atoms with Crippen molar-refractivity contribution in [2.75, 3.05) is 18.5 Å². The van der Waals surface area contributed by atoms with E-state index in [-0.39, 0.29) is 11.4 Å². The third-order valence-electron chi connectivity index (χ3n) is 4.01. The number of amides is 1. The van der Waals surface area contributed by atoms with E-state index in [1.165, 1.54) is 0 Å². The molecular formula is C16H25ClN2O. The second-order valence-electron chi connectivity index (χ2n) is 5.68. The molecule has 20 heavy (non-hydrogen) atoms. The standard InChI is InChI=1S/C16H25ClN2O/c1-7-16(4,5)19(6)12-10-9-11(3)14(17)13(12)15(20)18-8-2/h9-10H,7-8H2,1-6H3,(H,18,20). The predicted octanol–water partition coefficient (Wildman–Crippen LogP) is 4.02. The summed E-state index contributed by atoms with van der Waals surface area (Å²) in [5.74, 6) is -0.116. The minimum absolute atomic E-state index is 0.0418. The van der Waals surface area contributed by atoms with Gasteiger partial charge in [-0.2, -0.15) is 0 Å². The second kappa shape index (κ2) is 6.49. The average Bonchev–Trinajstić information content (AvgIpc) is 2.40. The van der Waals surface area contributed by atoms with E-state index in [4.69, 9.17) is 11.6 Å². The highest BCUT2D eigenvalue weighted by atomic mass is 35.5. The molecule has 0 saturated heterocycles. The summed E-state index contributed by atoms with van der Waals surface area (Å²) >= 11 is 6.38. The molecule has 0 saturated carbocycles. The van der Waals surface area contributed by atoms with Gasteiger partial charge in [0.05, 0.1) is 16.3 Å². The molecule has 4 heteroatoms. The van der Waals surface area contributed by atoms with Gasteiger partial charge in [-0.05, 0) is 45.7 Å². The second-order valence-corrected chi connectivity index (χ2v) is 6.05. The van der Waals surface area contributed by atoms with Crippen LogP contribution in [-0.4, -0.2) is 25.0 Å². The van der Waals surface area contributed by atoms with Crippen LogP contribution in [0.2, 0.25) is 5.02 Å². The van der Waals surface area contributed by atoms with E-state index in [2.05, 4.69) is 31.0 Å². The van der Waals surface area contributed by atoms with Gasteiger partial charge in [0.1, 0.15) is 0 Å². The van der Waals surface area contributed by atoms with E-state index >= 15 is 0 Å². The van der Waals surface area contributed by atoms with Crippen LogP contribution in [0.1, 0.15) is 50.0 Å². The number of nitrogens with one attached hydrogen (secondary N) is 1. The first-order valence-electron chi connectivity index (χ1n) is 7.07. The summed E-state index contributed by atoms with van der Waals surface area (Å²) in [6.45, 7) is 10.9. The number of benzene rings is 1. The lowest BCUT2D eigenvalue weighted by atomic mass is 9.97. The van der Waals surface area contributed by atoms with Gasteiger partial charge in [-0.25, -0.2) is 0 Å². The summed E-state index contributed by atoms with van der Waals surface area (Å²) < 4.78 is 0. The first-order chi connectivity index (χ1) is 9.26. The molecule has 0 unspecified atom stereocenters. The Kier molecular flexibility index (Phi) is 5.46. The maximum Gasteiger partial charge on any atom is 0.254 e. The van der Waals surface area contributed by atoms with Crippen LogP contribution in [0.15, 0.2) is 12.1 Å². The summed E-state index contributed by atoms with van der Waals surface area (Å²) in [7, 11) is 2.01. The van der Waals surface area contributed by atoms with Crippen molar-refractivity contribution in [1.82, 2.24) is 5.32 Å². The summed E-state index contributed by atoms with van der Waals surface area (Å²) in [5.41, 5.74) is 2.31. The van der Waals surface area contributed by atoms with E-state index in [1.54, 1.807) is 0 Å². The summed E-state index contributed by atoms with van der Waals surface area (Å²) in [6.07, 6.45) is 0.976. The molecule has 0 aliphatic rings. The summed E-state index contributed by atoms with van der Waals surface area (Å²) in [4.78, 5) is 14.5. The maximum absolute atomic E-state index is 12.3. The van der Waals surface area contributed by atoms with Crippen LogP contribution < -0.4 is 10.2 Å². The molecule has 3 nitrogen and oxygen atoms in total. The Bertz CT molecular complexity index is 497.